The number of piperazine rings is 1. The van der Waals surface area contributed by atoms with Gasteiger partial charge in [-0.05, 0) is 33.7 Å². The molecule has 0 atom stereocenters. The molecule has 1 aliphatic heterocycles. The summed E-state index contributed by atoms with van der Waals surface area (Å²) in [6.45, 7) is 14.3. The van der Waals surface area contributed by atoms with Crippen LogP contribution in [0.25, 0.3) is 0 Å². The van der Waals surface area contributed by atoms with E-state index in [2.05, 4.69) is 31.4 Å². The van der Waals surface area contributed by atoms with Gasteiger partial charge < -0.3 is 9.64 Å². The second kappa shape index (κ2) is 6.35. The normalized spacial score (nSPS) is 18.5. The maximum absolute atomic E-state index is 11.9. The lowest BCUT2D eigenvalue weighted by Crippen LogP contribution is -2.50. The van der Waals surface area contributed by atoms with Crippen molar-refractivity contribution in [3.63, 3.8) is 0 Å². The van der Waals surface area contributed by atoms with Crippen LogP contribution in [-0.2, 0) is 4.74 Å². The Labute approximate surface area is 122 Å². The molecule has 1 fully saturated rings. The number of rotatable bonds is 3. The summed E-state index contributed by atoms with van der Waals surface area (Å²) in [6.07, 6.45) is 0.865. The molecule has 0 aromatic heterocycles. The van der Waals surface area contributed by atoms with Gasteiger partial charge in [0.1, 0.15) is 5.60 Å². The minimum Gasteiger partial charge on any atom is -0.444 e. The Hall–Kier alpha value is -0.420. The molecule has 19 heavy (non-hydrogen) atoms. The number of amides is 1. The highest BCUT2D eigenvalue weighted by Crippen LogP contribution is 2.18. The molecule has 1 aliphatic rings. The Bertz CT molecular complexity index is 300. The molecular formula is C14H28N2O2S. The van der Waals surface area contributed by atoms with Crippen LogP contribution in [0.15, 0.2) is 0 Å². The van der Waals surface area contributed by atoms with E-state index in [0.717, 1.165) is 39.1 Å². The zero-order valence-corrected chi connectivity index (χ0v) is 13.8. The number of carbonyl (C=O) groups is 1. The SMILES string of the molecule is CC(C)(S)CCN1CCN(C(=O)OC(C)(C)C)CC1. The highest BCUT2D eigenvalue weighted by atomic mass is 32.1. The number of hydrogen-bond acceptors (Lipinski definition) is 4. The van der Waals surface area contributed by atoms with Gasteiger partial charge in [-0.2, -0.15) is 12.6 Å². The third-order valence-corrected chi connectivity index (χ3v) is 3.29. The zero-order chi connectivity index (χ0) is 14.7. The van der Waals surface area contributed by atoms with Crippen molar-refractivity contribution in [2.75, 3.05) is 32.7 Å². The average Bonchev–Trinajstić information content (AvgIpc) is 2.23. The van der Waals surface area contributed by atoms with E-state index in [-0.39, 0.29) is 10.8 Å². The first-order chi connectivity index (χ1) is 8.57. The fourth-order valence-electron chi connectivity index (χ4n) is 1.91. The minimum absolute atomic E-state index is 0.0717. The smallest absolute Gasteiger partial charge is 0.410 e. The highest BCUT2D eigenvalue weighted by Gasteiger charge is 2.26. The van der Waals surface area contributed by atoms with Crippen molar-refractivity contribution in [2.24, 2.45) is 0 Å². The van der Waals surface area contributed by atoms with Gasteiger partial charge in [0.2, 0.25) is 0 Å². The van der Waals surface area contributed by atoms with E-state index in [1.807, 2.05) is 20.8 Å². The molecule has 1 rings (SSSR count). The van der Waals surface area contributed by atoms with Crippen LogP contribution in [0.4, 0.5) is 4.79 Å². The molecule has 0 radical (unpaired) electrons. The molecule has 0 unspecified atom stereocenters. The Morgan fingerprint density at radius 1 is 1.11 bits per heavy atom. The van der Waals surface area contributed by atoms with Crippen molar-refractivity contribution < 1.29 is 9.53 Å². The van der Waals surface area contributed by atoms with Crippen LogP contribution in [0.2, 0.25) is 0 Å². The number of nitrogens with zero attached hydrogens (tertiary/aromatic N) is 2. The van der Waals surface area contributed by atoms with Gasteiger partial charge in [0.25, 0.3) is 0 Å². The molecule has 1 amide bonds. The lowest BCUT2D eigenvalue weighted by molar-refractivity contribution is 0.0143. The van der Waals surface area contributed by atoms with Gasteiger partial charge in [0.05, 0.1) is 0 Å². The summed E-state index contributed by atoms with van der Waals surface area (Å²) in [5.41, 5.74) is -0.412. The van der Waals surface area contributed by atoms with Gasteiger partial charge in [-0.1, -0.05) is 13.8 Å². The van der Waals surface area contributed by atoms with Crippen molar-refractivity contribution in [2.45, 2.75) is 51.4 Å². The van der Waals surface area contributed by atoms with Gasteiger partial charge in [-0.25, -0.2) is 4.79 Å². The first-order valence-electron chi connectivity index (χ1n) is 6.99. The van der Waals surface area contributed by atoms with E-state index in [4.69, 9.17) is 4.74 Å². The molecule has 0 N–H and O–H groups in total. The summed E-state index contributed by atoms with van der Waals surface area (Å²) in [5.74, 6) is 0. The second-order valence-electron chi connectivity index (χ2n) is 6.87. The van der Waals surface area contributed by atoms with Gasteiger partial charge in [-0.3, -0.25) is 4.90 Å². The molecule has 4 nitrogen and oxygen atoms in total. The average molecular weight is 288 g/mol. The molecule has 0 aliphatic carbocycles. The Morgan fingerprint density at radius 3 is 2.05 bits per heavy atom. The number of thiol groups is 1. The second-order valence-corrected chi connectivity index (χ2v) is 8.08. The summed E-state index contributed by atoms with van der Waals surface area (Å²) >= 11 is 4.54. The third-order valence-electron chi connectivity index (χ3n) is 3.06. The van der Waals surface area contributed by atoms with Crippen LogP contribution in [0.3, 0.4) is 0 Å². The first kappa shape index (κ1) is 16.6. The summed E-state index contributed by atoms with van der Waals surface area (Å²) in [4.78, 5) is 16.1. The Kier molecular flexibility index (Phi) is 5.56. The molecule has 5 heteroatoms. The molecule has 0 bridgehead atoms. The standard InChI is InChI=1S/C14H28N2O2S/c1-13(2,3)18-12(17)16-10-8-15(9-11-16)7-6-14(4,5)19/h19H,6-11H2,1-5H3. The molecule has 0 aromatic rings. The van der Waals surface area contributed by atoms with Gasteiger partial charge in [0, 0.05) is 30.9 Å². The van der Waals surface area contributed by atoms with Gasteiger partial charge >= 0.3 is 6.09 Å². The first-order valence-corrected chi connectivity index (χ1v) is 7.44. The molecule has 0 aromatic carbocycles. The largest absolute Gasteiger partial charge is 0.444 e. The van der Waals surface area contributed by atoms with E-state index in [9.17, 15) is 4.79 Å². The quantitative estimate of drug-likeness (QED) is 0.810. The fraction of sp³-hybridized carbons (Fsp3) is 0.929. The lowest BCUT2D eigenvalue weighted by atomic mass is 10.1. The molecule has 1 heterocycles. The monoisotopic (exact) mass is 288 g/mol. The van der Waals surface area contributed by atoms with Crippen molar-refractivity contribution in [1.29, 1.82) is 0 Å². The van der Waals surface area contributed by atoms with Crippen LogP contribution in [-0.4, -0.2) is 59.0 Å². The summed E-state index contributed by atoms with van der Waals surface area (Å²) in [7, 11) is 0. The van der Waals surface area contributed by atoms with Gasteiger partial charge in [-0.15, -0.1) is 0 Å². The van der Waals surface area contributed by atoms with E-state index in [1.165, 1.54) is 0 Å². The van der Waals surface area contributed by atoms with E-state index in [0.29, 0.717) is 0 Å². The van der Waals surface area contributed by atoms with E-state index in [1.54, 1.807) is 4.90 Å². The minimum atomic E-state index is -0.412. The van der Waals surface area contributed by atoms with Crippen LogP contribution < -0.4 is 0 Å². The highest BCUT2D eigenvalue weighted by molar-refractivity contribution is 7.81. The van der Waals surface area contributed by atoms with Crippen molar-refractivity contribution in [3.8, 4) is 0 Å². The zero-order valence-electron chi connectivity index (χ0n) is 12.9. The molecule has 0 spiro atoms. The number of carbonyl (C=O) groups excluding carboxylic acids is 1. The molecule has 112 valence electrons. The Balaban J connectivity index is 2.31. The summed E-state index contributed by atoms with van der Waals surface area (Å²) < 4.78 is 5.45. The molecule has 1 saturated heterocycles. The predicted molar refractivity (Wildman–Crippen MR) is 81.9 cm³/mol. The third kappa shape index (κ3) is 7.06. The Morgan fingerprint density at radius 2 is 1.63 bits per heavy atom. The van der Waals surface area contributed by atoms with Crippen LogP contribution in [0.5, 0.6) is 0 Å². The van der Waals surface area contributed by atoms with Crippen LogP contribution in [0, 0.1) is 0 Å². The fourth-order valence-corrected chi connectivity index (χ4v) is 2.01. The number of hydrogen-bond donors (Lipinski definition) is 1. The summed E-state index contributed by atoms with van der Waals surface area (Å²) in [5, 5.41) is 0. The van der Waals surface area contributed by atoms with Gasteiger partial charge in [0.15, 0.2) is 0 Å². The van der Waals surface area contributed by atoms with Crippen LogP contribution >= 0.6 is 12.6 Å². The van der Waals surface area contributed by atoms with Crippen molar-refractivity contribution in [1.82, 2.24) is 9.80 Å². The maximum Gasteiger partial charge on any atom is 0.410 e. The lowest BCUT2D eigenvalue weighted by Gasteiger charge is -2.36. The maximum atomic E-state index is 11.9. The van der Waals surface area contributed by atoms with E-state index >= 15 is 0 Å². The summed E-state index contributed by atoms with van der Waals surface area (Å²) in [6, 6.07) is 0. The van der Waals surface area contributed by atoms with Crippen molar-refractivity contribution in [3.05, 3.63) is 0 Å². The molecule has 0 saturated carbocycles. The van der Waals surface area contributed by atoms with E-state index < -0.39 is 5.60 Å². The van der Waals surface area contributed by atoms with Crippen molar-refractivity contribution >= 4 is 18.7 Å². The number of ether oxygens (including phenoxy) is 1. The van der Waals surface area contributed by atoms with Crippen LogP contribution in [0.1, 0.15) is 41.0 Å². The topological polar surface area (TPSA) is 32.8 Å². The predicted octanol–water partition coefficient (Wildman–Crippen LogP) is 2.64. The molecular weight excluding hydrogens is 260 g/mol.